The second-order valence-corrected chi connectivity index (χ2v) is 2.51. The molecule has 60 valence electrons. The molecule has 0 aliphatic rings. The maximum absolute atomic E-state index is 12.2. The van der Waals surface area contributed by atoms with Crippen LogP contribution in [0.2, 0.25) is 0 Å². The minimum atomic E-state index is -3.82. The van der Waals surface area contributed by atoms with Gasteiger partial charge in [0.2, 0.25) is 0 Å². The van der Waals surface area contributed by atoms with Gasteiger partial charge in [0.25, 0.3) is 0 Å². The van der Waals surface area contributed by atoms with Crippen molar-refractivity contribution in [3.63, 3.8) is 0 Å². The quantitative estimate of drug-likeness (QED) is 0.491. The first-order valence-electron chi connectivity index (χ1n) is 2.17. The zero-order valence-corrected chi connectivity index (χ0v) is 6.42. The normalized spacial score (nSPS) is 11.8. The highest BCUT2D eigenvalue weighted by atomic mass is 35.5. The van der Waals surface area contributed by atoms with E-state index >= 15 is 0 Å². The molecule has 0 aromatic heterocycles. The summed E-state index contributed by atoms with van der Waals surface area (Å²) in [6.45, 7) is 0. The van der Waals surface area contributed by atoms with Crippen LogP contribution in [0.25, 0.3) is 0 Å². The van der Waals surface area contributed by atoms with E-state index in [2.05, 4.69) is 4.74 Å². The van der Waals surface area contributed by atoms with Crippen LogP contribution in [0, 0.1) is 0 Å². The summed E-state index contributed by atoms with van der Waals surface area (Å²) in [5, 5.41) is 0. The summed E-state index contributed by atoms with van der Waals surface area (Å²) in [4.78, 5) is 8.06. The topological polar surface area (TPSA) is 26.3 Å². The van der Waals surface area contributed by atoms with Gasteiger partial charge in [-0.25, -0.2) is 4.79 Å². The summed E-state index contributed by atoms with van der Waals surface area (Å²) in [6, 6.07) is 0. The summed E-state index contributed by atoms with van der Waals surface area (Å²) in [5.74, 6) is -5.56. The molecule has 0 aromatic rings. The van der Waals surface area contributed by atoms with Gasteiger partial charge in [-0.3, -0.25) is 0 Å². The van der Waals surface area contributed by atoms with E-state index in [1.807, 2.05) is 0 Å². The summed E-state index contributed by atoms with van der Waals surface area (Å²) < 4.78 is 28.1. The van der Waals surface area contributed by atoms with Crippen molar-refractivity contribution in [2.45, 2.75) is 10.8 Å². The van der Waals surface area contributed by atoms with E-state index in [4.69, 9.17) is 23.2 Å². The van der Waals surface area contributed by atoms with Gasteiger partial charge in [0, 0.05) is 0 Å². The van der Waals surface area contributed by atoms with Crippen LogP contribution < -0.4 is 0 Å². The average molecular weight is 193 g/mol. The molecule has 0 heterocycles. The van der Waals surface area contributed by atoms with E-state index in [9.17, 15) is 13.6 Å². The van der Waals surface area contributed by atoms with E-state index in [1.165, 1.54) is 0 Å². The average Bonchev–Trinajstić information content (AvgIpc) is 1.86. The molecule has 0 saturated heterocycles. The van der Waals surface area contributed by atoms with Crippen molar-refractivity contribution in [3.05, 3.63) is 0 Å². The fourth-order valence-electron chi connectivity index (χ4n) is 0.225. The first-order valence-corrected chi connectivity index (χ1v) is 3.04. The predicted octanol–water partition coefficient (Wildman–Crippen LogP) is 1.60. The van der Waals surface area contributed by atoms with Crippen molar-refractivity contribution in [2.75, 3.05) is 7.11 Å². The number of halogens is 4. The Morgan fingerprint density at radius 2 is 2.00 bits per heavy atom. The lowest BCUT2D eigenvalue weighted by molar-refractivity contribution is -0.166. The van der Waals surface area contributed by atoms with Crippen LogP contribution in [0.3, 0.4) is 0 Å². The molecule has 0 aromatic carbocycles. The van der Waals surface area contributed by atoms with Gasteiger partial charge in [-0.1, -0.05) is 23.2 Å². The molecule has 0 saturated carbocycles. The molecule has 0 bridgehead atoms. The van der Waals surface area contributed by atoms with Crippen LogP contribution in [-0.2, 0) is 9.53 Å². The van der Waals surface area contributed by atoms with Gasteiger partial charge in [-0.15, -0.1) is 0 Å². The smallest absolute Gasteiger partial charge is 0.379 e. The number of hydrogen-bond donors (Lipinski definition) is 0. The number of methoxy groups -OCH3 is 1. The van der Waals surface area contributed by atoms with Crippen LogP contribution >= 0.6 is 23.2 Å². The number of rotatable bonds is 2. The second kappa shape index (κ2) is 3.34. The third kappa shape index (κ3) is 1.95. The molecule has 0 unspecified atom stereocenters. The van der Waals surface area contributed by atoms with Crippen LogP contribution in [0.4, 0.5) is 8.78 Å². The zero-order valence-electron chi connectivity index (χ0n) is 4.91. The van der Waals surface area contributed by atoms with Crippen LogP contribution in [0.1, 0.15) is 0 Å². The molecule has 0 radical (unpaired) electrons. The monoisotopic (exact) mass is 192 g/mol. The van der Waals surface area contributed by atoms with Gasteiger partial charge in [0.05, 0.1) is 7.11 Å². The largest absolute Gasteiger partial charge is 0.465 e. The highest BCUT2D eigenvalue weighted by Gasteiger charge is 2.47. The van der Waals surface area contributed by atoms with Crippen LogP contribution in [0.5, 0.6) is 0 Å². The lowest BCUT2D eigenvalue weighted by Gasteiger charge is -2.12. The minimum absolute atomic E-state index is 0.826. The molecular formula is C4H4Cl2F2O2. The van der Waals surface area contributed by atoms with Gasteiger partial charge in [0.1, 0.15) is 0 Å². The first-order chi connectivity index (χ1) is 4.42. The molecule has 0 aliphatic carbocycles. The summed E-state index contributed by atoms with van der Waals surface area (Å²) in [6.07, 6.45) is 0. The highest BCUT2D eigenvalue weighted by molar-refractivity contribution is 6.46. The van der Waals surface area contributed by atoms with E-state index in [0.29, 0.717) is 0 Å². The van der Waals surface area contributed by atoms with E-state index < -0.39 is 16.7 Å². The molecule has 0 rings (SSSR count). The van der Waals surface area contributed by atoms with Crippen LogP contribution in [-0.4, -0.2) is 23.8 Å². The standard InChI is InChI=1S/C4H4Cl2F2O2/c1-10-3(9)4(7,8)2(5)6/h2H,1H3. The Hall–Kier alpha value is -0.0900. The van der Waals surface area contributed by atoms with E-state index in [-0.39, 0.29) is 0 Å². The molecular weight excluding hydrogens is 189 g/mol. The molecule has 10 heavy (non-hydrogen) atoms. The SMILES string of the molecule is COC(=O)C(F)(F)C(Cl)Cl. The number of ether oxygens (including phenoxy) is 1. The molecule has 0 atom stereocenters. The zero-order chi connectivity index (χ0) is 8.36. The molecule has 0 amide bonds. The third-order valence-electron chi connectivity index (χ3n) is 0.732. The van der Waals surface area contributed by atoms with Gasteiger partial charge in [0.15, 0.2) is 4.84 Å². The molecule has 0 spiro atoms. The van der Waals surface area contributed by atoms with Gasteiger partial charge in [-0.05, 0) is 0 Å². The maximum atomic E-state index is 12.2. The Bertz CT molecular complexity index is 137. The fraction of sp³-hybridized carbons (Fsp3) is 0.750. The van der Waals surface area contributed by atoms with Gasteiger partial charge in [-0.2, -0.15) is 8.78 Å². The predicted molar refractivity (Wildman–Crippen MR) is 32.5 cm³/mol. The van der Waals surface area contributed by atoms with Crippen LogP contribution in [0.15, 0.2) is 0 Å². The Morgan fingerprint density at radius 3 is 2.10 bits per heavy atom. The number of hydrogen-bond acceptors (Lipinski definition) is 2. The van der Waals surface area contributed by atoms with E-state index in [1.54, 1.807) is 0 Å². The van der Waals surface area contributed by atoms with Crippen molar-refractivity contribution >= 4 is 29.2 Å². The minimum Gasteiger partial charge on any atom is -0.465 e. The molecule has 0 N–H and O–H groups in total. The summed E-state index contributed by atoms with van der Waals surface area (Å²) in [7, 11) is 0.826. The van der Waals surface area contributed by atoms with Crippen molar-refractivity contribution in [3.8, 4) is 0 Å². The number of esters is 1. The molecule has 0 fully saturated rings. The van der Waals surface area contributed by atoms with Gasteiger partial charge >= 0.3 is 11.9 Å². The fourth-order valence-corrected chi connectivity index (χ4v) is 0.403. The Balaban J connectivity index is 4.24. The lowest BCUT2D eigenvalue weighted by Crippen LogP contribution is -2.36. The maximum Gasteiger partial charge on any atom is 0.379 e. The Labute approximate surface area is 66.0 Å². The highest BCUT2D eigenvalue weighted by Crippen LogP contribution is 2.27. The van der Waals surface area contributed by atoms with Gasteiger partial charge < -0.3 is 4.74 Å². The molecule has 0 aliphatic heterocycles. The number of carbonyl (C=O) groups excluding carboxylic acids is 1. The molecule has 6 heteroatoms. The summed E-state index contributed by atoms with van der Waals surface area (Å²) in [5.41, 5.74) is 0. The molecule has 2 nitrogen and oxygen atoms in total. The van der Waals surface area contributed by atoms with Crippen molar-refractivity contribution < 1.29 is 18.3 Å². The Kier molecular flexibility index (Phi) is 3.31. The number of carbonyl (C=O) groups is 1. The summed E-state index contributed by atoms with van der Waals surface area (Å²) >= 11 is 9.52. The third-order valence-corrected chi connectivity index (χ3v) is 1.28. The second-order valence-electron chi connectivity index (χ2n) is 1.42. The van der Waals surface area contributed by atoms with Crippen molar-refractivity contribution in [1.82, 2.24) is 0 Å². The van der Waals surface area contributed by atoms with Crippen molar-refractivity contribution in [1.29, 1.82) is 0 Å². The lowest BCUT2D eigenvalue weighted by atomic mass is 10.4. The first kappa shape index (κ1) is 9.91. The van der Waals surface area contributed by atoms with Crippen molar-refractivity contribution in [2.24, 2.45) is 0 Å². The van der Waals surface area contributed by atoms with E-state index in [0.717, 1.165) is 7.11 Å². The Morgan fingerprint density at radius 1 is 1.60 bits per heavy atom. The number of alkyl halides is 4.